The second kappa shape index (κ2) is 7.89. The lowest BCUT2D eigenvalue weighted by Gasteiger charge is -2.15. The second-order valence-corrected chi connectivity index (χ2v) is 5.63. The van der Waals surface area contributed by atoms with Crippen LogP contribution in [0.25, 0.3) is 0 Å². The van der Waals surface area contributed by atoms with Crippen LogP contribution in [0.15, 0.2) is 30.5 Å². The predicted molar refractivity (Wildman–Crippen MR) is 84.1 cm³/mol. The first kappa shape index (κ1) is 20.6. The van der Waals surface area contributed by atoms with E-state index in [0.29, 0.717) is 17.6 Å². The van der Waals surface area contributed by atoms with Crippen molar-refractivity contribution in [2.45, 2.75) is 32.3 Å². The van der Waals surface area contributed by atoms with Gasteiger partial charge in [0, 0.05) is 11.9 Å². The average Bonchev–Trinajstić information content (AvgIpc) is 2.53. The minimum Gasteiger partial charge on any atom is -0.491 e. The van der Waals surface area contributed by atoms with E-state index in [9.17, 15) is 26.3 Å². The van der Waals surface area contributed by atoms with Crippen LogP contribution < -0.4 is 14.8 Å². The fourth-order valence-electron chi connectivity index (χ4n) is 1.90. The van der Waals surface area contributed by atoms with Gasteiger partial charge in [0.15, 0.2) is 6.61 Å². The van der Waals surface area contributed by atoms with E-state index >= 15 is 0 Å². The quantitative estimate of drug-likeness (QED) is 0.700. The van der Waals surface area contributed by atoms with Crippen LogP contribution in [0.4, 0.5) is 38.0 Å². The third-order valence-corrected chi connectivity index (χ3v) is 2.91. The highest BCUT2D eigenvalue weighted by Crippen LogP contribution is 2.36. The molecule has 1 N–H and O–H groups in total. The summed E-state index contributed by atoms with van der Waals surface area (Å²) in [5, 5.41) is 2.59. The van der Waals surface area contributed by atoms with Crippen LogP contribution in [0.3, 0.4) is 0 Å². The van der Waals surface area contributed by atoms with Crippen molar-refractivity contribution in [3.63, 3.8) is 0 Å². The zero-order chi connectivity index (χ0) is 20.2. The number of ether oxygens (including phenoxy) is 2. The molecular formula is C16H15F6N3O2. The maximum atomic E-state index is 12.9. The average molecular weight is 395 g/mol. The fourth-order valence-corrected chi connectivity index (χ4v) is 1.90. The number of rotatable bonds is 6. The molecule has 2 rings (SSSR count). The van der Waals surface area contributed by atoms with E-state index in [-0.39, 0.29) is 12.1 Å². The molecule has 11 heteroatoms. The Kier molecular flexibility index (Phi) is 6.01. The highest BCUT2D eigenvalue weighted by Gasteiger charge is 2.38. The Bertz CT molecular complexity index is 760. The summed E-state index contributed by atoms with van der Waals surface area (Å²) in [5.74, 6) is -0.993. The van der Waals surface area contributed by atoms with E-state index in [4.69, 9.17) is 4.74 Å². The number of benzene rings is 1. The van der Waals surface area contributed by atoms with Gasteiger partial charge in [-0.05, 0) is 38.1 Å². The van der Waals surface area contributed by atoms with Crippen molar-refractivity contribution >= 4 is 11.6 Å². The Labute approximate surface area is 150 Å². The van der Waals surface area contributed by atoms with E-state index in [0.717, 1.165) is 0 Å². The molecule has 0 saturated heterocycles. The summed E-state index contributed by atoms with van der Waals surface area (Å²) in [4.78, 5) is 6.89. The van der Waals surface area contributed by atoms with E-state index in [1.807, 2.05) is 13.8 Å². The Hall–Kier alpha value is -2.72. The number of hydrogen-bond donors (Lipinski definition) is 1. The maximum Gasteiger partial charge on any atom is 0.423 e. The first-order chi connectivity index (χ1) is 12.4. The molecule has 1 aromatic carbocycles. The lowest BCUT2D eigenvalue weighted by atomic mass is 10.3. The molecule has 0 aliphatic carbocycles. The van der Waals surface area contributed by atoms with Crippen LogP contribution in [0.5, 0.6) is 11.6 Å². The molecule has 27 heavy (non-hydrogen) atoms. The summed E-state index contributed by atoms with van der Waals surface area (Å²) in [5.41, 5.74) is -1.11. The zero-order valence-electron chi connectivity index (χ0n) is 14.1. The van der Waals surface area contributed by atoms with Crippen LogP contribution in [-0.4, -0.2) is 28.9 Å². The fraction of sp³-hybridized carbons (Fsp3) is 0.375. The van der Waals surface area contributed by atoms with E-state index < -0.39 is 30.4 Å². The molecular weight excluding hydrogens is 380 g/mol. The van der Waals surface area contributed by atoms with Gasteiger partial charge in [0.25, 0.3) is 0 Å². The number of nitrogens with zero attached hydrogens (tertiary/aromatic N) is 2. The van der Waals surface area contributed by atoms with Gasteiger partial charge in [0.2, 0.25) is 11.8 Å². The minimum atomic E-state index is -4.96. The molecule has 148 valence electrons. The number of nitrogens with one attached hydrogen (secondary N) is 1. The van der Waals surface area contributed by atoms with Crippen molar-refractivity contribution < 1.29 is 35.8 Å². The van der Waals surface area contributed by atoms with Crippen LogP contribution in [-0.2, 0) is 6.18 Å². The highest BCUT2D eigenvalue weighted by atomic mass is 19.4. The Morgan fingerprint density at radius 1 is 1.04 bits per heavy atom. The molecule has 2 aromatic rings. The van der Waals surface area contributed by atoms with Crippen LogP contribution in [0.1, 0.15) is 19.4 Å². The van der Waals surface area contributed by atoms with Crippen molar-refractivity contribution in [3.05, 3.63) is 36.0 Å². The lowest BCUT2D eigenvalue weighted by molar-refractivity contribution is -0.159. The molecule has 0 spiro atoms. The molecule has 0 radical (unpaired) electrons. The lowest BCUT2D eigenvalue weighted by Crippen LogP contribution is -2.22. The molecule has 0 unspecified atom stereocenters. The Balaban J connectivity index is 2.21. The number of hydrogen-bond acceptors (Lipinski definition) is 5. The molecule has 0 aliphatic rings. The SMILES string of the molecule is CC(C)Oc1ccc(Nc2ncc(C(F)(F)F)c(OCC(F)(F)F)n2)cc1. The predicted octanol–water partition coefficient (Wildman–Crippen LogP) is 4.97. The van der Waals surface area contributed by atoms with Crippen molar-refractivity contribution in [3.8, 4) is 11.6 Å². The Morgan fingerprint density at radius 3 is 2.19 bits per heavy atom. The minimum absolute atomic E-state index is 0.0459. The standard InChI is InChI=1S/C16H15F6N3O2/c1-9(2)27-11-5-3-10(4-6-11)24-14-23-7-12(16(20,21)22)13(25-14)26-8-15(17,18)19/h3-7,9H,8H2,1-2H3,(H,23,24,25). The van der Waals surface area contributed by atoms with Gasteiger partial charge in [-0.15, -0.1) is 0 Å². The number of halogens is 6. The highest BCUT2D eigenvalue weighted by molar-refractivity contribution is 5.55. The monoisotopic (exact) mass is 395 g/mol. The molecule has 5 nitrogen and oxygen atoms in total. The van der Waals surface area contributed by atoms with E-state index in [1.54, 1.807) is 24.3 Å². The smallest absolute Gasteiger partial charge is 0.423 e. The third-order valence-electron chi connectivity index (χ3n) is 2.91. The van der Waals surface area contributed by atoms with Gasteiger partial charge < -0.3 is 14.8 Å². The normalized spacial score (nSPS) is 12.2. The van der Waals surface area contributed by atoms with Crippen LogP contribution >= 0.6 is 0 Å². The van der Waals surface area contributed by atoms with Crippen molar-refractivity contribution in [2.24, 2.45) is 0 Å². The Morgan fingerprint density at radius 2 is 1.67 bits per heavy atom. The van der Waals surface area contributed by atoms with Gasteiger partial charge in [-0.1, -0.05) is 0 Å². The van der Waals surface area contributed by atoms with E-state index in [1.165, 1.54) is 0 Å². The summed E-state index contributed by atoms with van der Waals surface area (Å²) in [7, 11) is 0. The third kappa shape index (κ3) is 6.50. The van der Waals surface area contributed by atoms with Crippen molar-refractivity contribution in [1.29, 1.82) is 0 Å². The van der Waals surface area contributed by atoms with Crippen molar-refractivity contribution in [1.82, 2.24) is 9.97 Å². The largest absolute Gasteiger partial charge is 0.491 e. The van der Waals surface area contributed by atoms with Gasteiger partial charge in [-0.25, -0.2) is 4.98 Å². The number of alkyl halides is 6. The first-order valence-electron chi connectivity index (χ1n) is 7.61. The van der Waals surface area contributed by atoms with E-state index in [2.05, 4.69) is 20.0 Å². The van der Waals surface area contributed by atoms with Gasteiger partial charge in [0.1, 0.15) is 11.3 Å². The van der Waals surface area contributed by atoms with Gasteiger partial charge in [-0.3, -0.25) is 0 Å². The molecule has 0 aliphatic heterocycles. The summed E-state index contributed by atoms with van der Waals surface area (Å²) >= 11 is 0. The summed E-state index contributed by atoms with van der Waals surface area (Å²) in [6.45, 7) is 1.77. The van der Waals surface area contributed by atoms with Gasteiger partial charge in [0.05, 0.1) is 6.10 Å². The summed E-state index contributed by atoms with van der Waals surface area (Å²) in [6.07, 6.45) is -9.46. The summed E-state index contributed by atoms with van der Waals surface area (Å²) < 4.78 is 85.2. The number of anilines is 2. The number of aromatic nitrogens is 2. The van der Waals surface area contributed by atoms with Gasteiger partial charge >= 0.3 is 12.4 Å². The molecule has 0 amide bonds. The molecule has 1 aromatic heterocycles. The molecule has 0 fully saturated rings. The van der Waals surface area contributed by atoms with Crippen LogP contribution in [0.2, 0.25) is 0 Å². The maximum absolute atomic E-state index is 12.9. The van der Waals surface area contributed by atoms with Crippen LogP contribution in [0, 0.1) is 0 Å². The zero-order valence-corrected chi connectivity index (χ0v) is 14.1. The topological polar surface area (TPSA) is 56.3 Å². The first-order valence-corrected chi connectivity index (χ1v) is 7.61. The van der Waals surface area contributed by atoms with Gasteiger partial charge in [-0.2, -0.15) is 31.3 Å². The van der Waals surface area contributed by atoms with Crippen molar-refractivity contribution in [2.75, 3.05) is 11.9 Å². The molecule has 0 bridgehead atoms. The second-order valence-electron chi connectivity index (χ2n) is 5.63. The molecule has 0 saturated carbocycles. The molecule has 0 atom stereocenters. The molecule has 1 heterocycles. The summed E-state index contributed by atoms with van der Waals surface area (Å²) in [6, 6.07) is 6.31.